The number of unbranched alkanes of at least 4 members (excludes halogenated alkanes) is 1. The number of anilines is 6. The van der Waals surface area contributed by atoms with Crippen molar-refractivity contribution in [3.05, 3.63) is 278 Å². The highest BCUT2D eigenvalue weighted by atomic mass is 32.1. The molecule has 4 heterocycles. The van der Waals surface area contributed by atoms with Gasteiger partial charge in [-0.25, -0.2) is 0 Å². The number of hydrogen-bond acceptors (Lipinski definition) is 3. The number of thiophene rings is 1. The van der Waals surface area contributed by atoms with Gasteiger partial charge in [-0.1, -0.05) is 234 Å². The van der Waals surface area contributed by atoms with Crippen molar-refractivity contribution >= 4 is 111 Å². The van der Waals surface area contributed by atoms with Gasteiger partial charge in [0.25, 0.3) is 6.71 Å². The molecule has 2 aromatic heterocycles. The first-order valence-electron chi connectivity index (χ1n) is 30.2. The lowest BCUT2D eigenvalue weighted by atomic mass is 9.33. The summed E-state index contributed by atoms with van der Waals surface area (Å²) in [5.74, 6) is 0. The normalized spacial score (nSPS) is 12.8. The van der Waals surface area contributed by atoms with Gasteiger partial charge in [-0.05, 0) is 146 Å². The zero-order valence-electron chi connectivity index (χ0n) is 48.4. The van der Waals surface area contributed by atoms with E-state index in [2.05, 4.69) is 309 Å². The van der Waals surface area contributed by atoms with E-state index < -0.39 is 0 Å². The van der Waals surface area contributed by atoms with E-state index in [0.29, 0.717) is 0 Å². The molecule has 2 aliphatic rings. The molecule has 0 atom stereocenters. The highest BCUT2D eigenvalue weighted by molar-refractivity contribution is 7.26. The maximum atomic E-state index is 2.77. The molecule has 85 heavy (non-hydrogen) atoms. The molecule has 0 amide bonds. The Kier molecular flexibility index (Phi) is 12.2. The third-order valence-corrected chi connectivity index (χ3v) is 19.2. The summed E-state index contributed by atoms with van der Waals surface area (Å²) in [4.78, 5) is 5.46. The van der Waals surface area contributed by atoms with Crippen LogP contribution in [0, 0.1) is 0 Å². The second kappa shape index (κ2) is 20.3. The van der Waals surface area contributed by atoms with Gasteiger partial charge in [0.15, 0.2) is 0 Å². The summed E-state index contributed by atoms with van der Waals surface area (Å²) in [6.07, 6.45) is 3.14. The molecule has 3 nitrogen and oxygen atoms in total. The van der Waals surface area contributed by atoms with Crippen LogP contribution in [0.5, 0.6) is 0 Å². The Labute approximate surface area is 502 Å². The van der Waals surface area contributed by atoms with Crippen molar-refractivity contribution in [2.75, 3.05) is 9.80 Å². The van der Waals surface area contributed by atoms with Crippen molar-refractivity contribution in [2.24, 2.45) is 0 Å². The number of rotatable bonds is 10. The van der Waals surface area contributed by atoms with Crippen LogP contribution in [0.15, 0.2) is 267 Å². The van der Waals surface area contributed by atoms with Crippen molar-refractivity contribution in [2.45, 2.75) is 52.4 Å². The van der Waals surface area contributed by atoms with Crippen LogP contribution in [-0.4, -0.2) is 11.3 Å². The van der Waals surface area contributed by atoms with Crippen molar-refractivity contribution in [1.82, 2.24) is 4.57 Å². The maximum absolute atomic E-state index is 2.77. The molecule has 2 aliphatic heterocycles. The van der Waals surface area contributed by atoms with E-state index in [-0.39, 0.29) is 12.1 Å². The van der Waals surface area contributed by atoms with Crippen LogP contribution in [0.2, 0.25) is 0 Å². The largest absolute Gasteiger partial charge is 0.310 e. The van der Waals surface area contributed by atoms with E-state index in [1.54, 1.807) is 0 Å². The van der Waals surface area contributed by atoms with E-state index in [1.165, 1.54) is 142 Å². The van der Waals surface area contributed by atoms with Crippen LogP contribution in [0.3, 0.4) is 0 Å². The van der Waals surface area contributed by atoms with Gasteiger partial charge < -0.3 is 14.4 Å². The van der Waals surface area contributed by atoms with Crippen molar-refractivity contribution in [1.29, 1.82) is 0 Å². The van der Waals surface area contributed by atoms with Gasteiger partial charge in [-0.2, -0.15) is 0 Å². The lowest BCUT2D eigenvalue weighted by Crippen LogP contribution is -2.61. The Bertz CT molecular complexity index is 4810. The number of aromatic nitrogens is 1. The zero-order valence-corrected chi connectivity index (χ0v) is 49.2. The monoisotopic (exact) mass is 1110 g/mol. The van der Waals surface area contributed by atoms with E-state index in [0.717, 1.165) is 30.6 Å². The van der Waals surface area contributed by atoms with Gasteiger partial charge in [0.2, 0.25) is 0 Å². The molecule has 0 unspecified atom stereocenters. The van der Waals surface area contributed by atoms with Gasteiger partial charge >= 0.3 is 0 Å². The second-order valence-corrected chi connectivity index (χ2v) is 25.3. The molecule has 0 spiro atoms. The first-order chi connectivity index (χ1) is 41.8. The minimum absolute atomic E-state index is 0.145. The van der Waals surface area contributed by atoms with Crippen LogP contribution in [0.1, 0.15) is 51.7 Å². The minimum Gasteiger partial charge on any atom is -0.310 e. The molecule has 406 valence electrons. The van der Waals surface area contributed by atoms with Crippen LogP contribution in [-0.2, 0) is 11.8 Å². The average Bonchev–Trinajstić information content (AvgIpc) is 0.998. The van der Waals surface area contributed by atoms with E-state index in [1.807, 2.05) is 11.3 Å². The third kappa shape index (κ3) is 8.31. The lowest BCUT2D eigenvalue weighted by Gasteiger charge is -2.46. The molecular formula is C80H62BN3S. The Morgan fingerprint density at radius 3 is 1.54 bits per heavy atom. The van der Waals surface area contributed by atoms with Crippen LogP contribution in [0.25, 0.3) is 92.2 Å². The van der Waals surface area contributed by atoms with Crippen molar-refractivity contribution < 1.29 is 0 Å². The summed E-state index contributed by atoms with van der Waals surface area (Å²) in [5, 5.41) is 5.14. The summed E-state index contributed by atoms with van der Waals surface area (Å²) in [5.41, 5.74) is 26.5. The lowest BCUT2D eigenvalue weighted by molar-refractivity contribution is 0.590. The van der Waals surface area contributed by atoms with Crippen molar-refractivity contribution in [3.8, 4) is 50.2 Å². The Hall–Kier alpha value is -9.68. The van der Waals surface area contributed by atoms with E-state index >= 15 is 0 Å². The van der Waals surface area contributed by atoms with Crippen LogP contribution >= 0.6 is 11.3 Å². The maximum Gasteiger partial charge on any atom is 0.252 e. The highest BCUT2D eigenvalue weighted by Gasteiger charge is 2.46. The first-order valence-corrected chi connectivity index (χ1v) is 31.0. The quantitative estimate of drug-likeness (QED) is 0.126. The molecule has 0 bridgehead atoms. The van der Waals surface area contributed by atoms with Crippen molar-refractivity contribution in [3.63, 3.8) is 0 Å². The molecule has 0 aliphatic carbocycles. The summed E-state index contributed by atoms with van der Waals surface area (Å²) >= 11 is 1.91. The molecular weight excluding hydrogens is 1050 g/mol. The SMILES string of the molecule is CCCCc1ccc2sc3ccccc3c2c1N1c2cc(-n3c4ccccc4c4ccccc43)ccc2B2c3cc(-c4ccccc4)ccc3N(c3c(-c4ccccc4)cc(-c4ccccc4)cc3-c3ccccc3)c3cc(C(C)(C)C)cc1c32. The highest BCUT2D eigenvalue weighted by Crippen LogP contribution is 2.55. The molecule has 5 heteroatoms. The number of para-hydroxylation sites is 2. The van der Waals surface area contributed by atoms with E-state index in [9.17, 15) is 0 Å². The fourth-order valence-electron chi connectivity index (χ4n) is 14.1. The first kappa shape index (κ1) is 51.0. The Balaban J connectivity index is 1.09. The number of aryl methyl sites for hydroxylation is 1. The molecule has 16 rings (SSSR count). The topological polar surface area (TPSA) is 11.4 Å². The molecule has 0 N–H and O–H groups in total. The molecule has 0 radical (unpaired) electrons. The number of benzene rings is 12. The van der Waals surface area contributed by atoms with Gasteiger partial charge in [-0.15, -0.1) is 11.3 Å². The fraction of sp³-hybridized carbons (Fsp3) is 0.100. The average molecular weight is 1110 g/mol. The fourth-order valence-corrected chi connectivity index (χ4v) is 15.2. The summed E-state index contributed by atoms with van der Waals surface area (Å²) in [6.45, 7) is 9.37. The number of hydrogen-bond donors (Lipinski definition) is 0. The van der Waals surface area contributed by atoms with Gasteiger partial charge in [0.05, 0.1) is 22.4 Å². The predicted molar refractivity (Wildman–Crippen MR) is 367 cm³/mol. The molecule has 0 fully saturated rings. The van der Waals surface area contributed by atoms with Crippen LogP contribution in [0.4, 0.5) is 34.1 Å². The molecule has 14 aromatic rings. The van der Waals surface area contributed by atoms with Gasteiger partial charge in [0.1, 0.15) is 0 Å². The number of nitrogens with zero attached hydrogens (tertiary/aromatic N) is 3. The standard InChI is InChI=1S/C80H62BN3S/c1-5-6-25-56-41-45-75-76(63-36-21-24-39-74(63)85-75)78(56)84-71-51-60(82-68-37-22-19-34-61(68)62-35-20-23-38-69(62)82)42-43-66(71)81-67-48-57(52-26-11-7-12-27-52)40-44-70(67)83(72-49-59(80(2,3)4)50-73(84)77(72)81)79-64(54-30-15-9-16-31-54)46-58(53-28-13-8-14-29-53)47-65(79)55-32-17-10-18-33-55/h7-24,26-51H,5-6,25H2,1-4H3. The number of fused-ring (bicyclic) bond motifs is 10. The zero-order chi connectivity index (χ0) is 56.9. The van der Waals surface area contributed by atoms with E-state index in [4.69, 9.17) is 0 Å². The van der Waals surface area contributed by atoms with Gasteiger partial charge in [0, 0.05) is 70.5 Å². The summed E-state index contributed by atoms with van der Waals surface area (Å²) < 4.78 is 5.12. The summed E-state index contributed by atoms with van der Waals surface area (Å²) in [7, 11) is 0. The molecule has 0 saturated heterocycles. The Morgan fingerprint density at radius 2 is 0.941 bits per heavy atom. The van der Waals surface area contributed by atoms with Gasteiger partial charge in [-0.3, -0.25) is 0 Å². The van der Waals surface area contributed by atoms with Crippen LogP contribution < -0.4 is 26.2 Å². The smallest absolute Gasteiger partial charge is 0.252 e. The Morgan fingerprint density at radius 1 is 0.400 bits per heavy atom. The molecule has 12 aromatic carbocycles. The molecule has 0 saturated carbocycles. The predicted octanol–water partition coefficient (Wildman–Crippen LogP) is 20.5. The minimum atomic E-state index is -0.241. The summed E-state index contributed by atoms with van der Waals surface area (Å²) in [6, 6.07) is 101. The second-order valence-electron chi connectivity index (χ2n) is 24.2. The third-order valence-electron chi connectivity index (χ3n) is 18.1.